The number of carbonyl (C=O) groups excluding carboxylic acids is 2. The first-order valence-corrected chi connectivity index (χ1v) is 10.8. The number of hydrogen-bond acceptors (Lipinski definition) is 8. The molecule has 1 N–H and O–H groups in total. The third-order valence-electron chi connectivity index (χ3n) is 5.45. The Bertz CT molecular complexity index is 1200. The number of imide groups is 1. The molecule has 2 fully saturated rings. The van der Waals surface area contributed by atoms with E-state index in [9.17, 15) is 9.59 Å². The summed E-state index contributed by atoms with van der Waals surface area (Å²) in [5, 5.41) is 2.78. The average molecular weight is 433 g/mol. The highest BCUT2D eigenvalue weighted by atomic mass is 32.2. The van der Waals surface area contributed by atoms with Crippen molar-refractivity contribution in [3.05, 3.63) is 53.3 Å². The number of amides is 2. The summed E-state index contributed by atoms with van der Waals surface area (Å²) in [6.45, 7) is 3.98. The van der Waals surface area contributed by atoms with Crippen molar-refractivity contribution >= 4 is 45.7 Å². The van der Waals surface area contributed by atoms with Crippen LogP contribution in [0.25, 0.3) is 28.2 Å². The van der Waals surface area contributed by atoms with Gasteiger partial charge in [0.2, 0.25) is 0 Å². The number of likely N-dealkylation sites (N-methyl/N-ethyl adjacent to an activating group) is 1. The lowest BCUT2D eigenvalue weighted by atomic mass is 10.1. The smallest absolute Gasteiger partial charge is 0.290 e. The van der Waals surface area contributed by atoms with E-state index in [4.69, 9.17) is 0 Å². The molecule has 0 atom stereocenters. The monoisotopic (exact) mass is 432 g/mol. The Labute approximate surface area is 183 Å². The van der Waals surface area contributed by atoms with E-state index in [1.807, 2.05) is 36.5 Å². The summed E-state index contributed by atoms with van der Waals surface area (Å²) < 4.78 is 0. The Balaban J connectivity index is 1.47. The molecule has 9 heteroatoms. The van der Waals surface area contributed by atoms with Gasteiger partial charge in [-0.1, -0.05) is 6.07 Å². The third kappa shape index (κ3) is 4.01. The SMILES string of the molecule is CN1CCN(c2ccc(-c3ncnc4ccc(C=C5SC(=O)NC5=O)cc34)cn2)CC1. The molecule has 0 aliphatic carbocycles. The molecule has 2 aliphatic rings. The fourth-order valence-electron chi connectivity index (χ4n) is 3.72. The predicted octanol–water partition coefficient (Wildman–Crippen LogP) is 2.77. The number of rotatable bonds is 3. The number of nitrogens with one attached hydrogen (secondary N) is 1. The van der Waals surface area contributed by atoms with Gasteiger partial charge in [0.05, 0.1) is 16.1 Å². The Morgan fingerprint density at radius 3 is 2.58 bits per heavy atom. The number of piperazine rings is 1. The standard InChI is InChI=1S/C22H20N6O2S/c1-27-6-8-28(9-7-27)19-5-3-15(12-23-19)20-16-10-14(2-4-17(16)24-13-25-20)11-18-21(29)26-22(30)31-18/h2-5,10-13H,6-9H2,1H3,(H,26,29,30). The predicted molar refractivity (Wildman–Crippen MR) is 122 cm³/mol. The lowest BCUT2D eigenvalue weighted by molar-refractivity contribution is -0.115. The van der Waals surface area contributed by atoms with Gasteiger partial charge in [0, 0.05) is 43.3 Å². The summed E-state index contributed by atoms with van der Waals surface area (Å²) in [6, 6.07) is 9.76. The number of aromatic nitrogens is 3. The molecule has 2 saturated heterocycles. The first-order chi connectivity index (χ1) is 15.1. The third-order valence-corrected chi connectivity index (χ3v) is 6.26. The first-order valence-electron chi connectivity index (χ1n) is 9.96. The minimum Gasteiger partial charge on any atom is -0.354 e. The number of thioether (sulfide) groups is 1. The maximum absolute atomic E-state index is 11.9. The molecule has 1 aromatic carbocycles. The van der Waals surface area contributed by atoms with Gasteiger partial charge in [-0.25, -0.2) is 15.0 Å². The molecular formula is C22H20N6O2S. The molecule has 31 heavy (non-hydrogen) atoms. The minimum atomic E-state index is -0.372. The van der Waals surface area contributed by atoms with Gasteiger partial charge in [-0.15, -0.1) is 0 Å². The van der Waals surface area contributed by atoms with Crippen molar-refractivity contribution < 1.29 is 9.59 Å². The zero-order valence-corrected chi connectivity index (χ0v) is 17.7. The van der Waals surface area contributed by atoms with Crippen LogP contribution in [0.1, 0.15) is 5.56 Å². The Hall–Kier alpha value is -3.30. The van der Waals surface area contributed by atoms with E-state index in [0.29, 0.717) is 4.91 Å². The second kappa shape index (κ2) is 8.09. The maximum atomic E-state index is 11.9. The van der Waals surface area contributed by atoms with Crippen molar-refractivity contribution in [3.8, 4) is 11.3 Å². The van der Waals surface area contributed by atoms with Crippen molar-refractivity contribution in [3.63, 3.8) is 0 Å². The molecule has 0 radical (unpaired) electrons. The van der Waals surface area contributed by atoms with Crippen molar-refractivity contribution in [2.45, 2.75) is 0 Å². The Morgan fingerprint density at radius 2 is 1.87 bits per heavy atom. The van der Waals surface area contributed by atoms with Crippen molar-refractivity contribution in [1.29, 1.82) is 0 Å². The molecular weight excluding hydrogens is 412 g/mol. The zero-order chi connectivity index (χ0) is 21.4. The molecule has 8 nitrogen and oxygen atoms in total. The number of benzene rings is 1. The number of pyridine rings is 1. The second-order valence-electron chi connectivity index (χ2n) is 7.55. The van der Waals surface area contributed by atoms with Gasteiger partial charge < -0.3 is 9.80 Å². The van der Waals surface area contributed by atoms with Crippen LogP contribution in [0.4, 0.5) is 10.6 Å². The lowest BCUT2D eigenvalue weighted by Gasteiger charge is -2.33. The summed E-state index contributed by atoms with van der Waals surface area (Å²) in [6.07, 6.45) is 5.10. The summed E-state index contributed by atoms with van der Waals surface area (Å²) in [4.78, 5) is 41.8. The molecule has 0 saturated carbocycles. The molecule has 2 aliphatic heterocycles. The number of anilines is 1. The Kier molecular flexibility index (Phi) is 5.13. The van der Waals surface area contributed by atoms with Crippen LogP contribution < -0.4 is 10.2 Å². The fraction of sp³-hybridized carbons (Fsp3) is 0.227. The molecule has 4 heterocycles. The Morgan fingerprint density at radius 1 is 1.03 bits per heavy atom. The summed E-state index contributed by atoms with van der Waals surface area (Å²) in [7, 11) is 2.13. The van der Waals surface area contributed by atoms with Gasteiger partial charge in [0.15, 0.2) is 0 Å². The van der Waals surface area contributed by atoms with Gasteiger partial charge in [0.25, 0.3) is 11.1 Å². The van der Waals surface area contributed by atoms with Gasteiger partial charge in [0.1, 0.15) is 12.1 Å². The average Bonchev–Trinajstić information content (AvgIpc) is 3.10. The van der Waals surface area contributed by atoms with Crippen LogP contribution >= 0.6 is 11.8 Å². The van der Waals surface area contributed by atoms with Crippen LogP contribution in [-0.2, 0) is 4.79 Å². The lowest BCUT2D eigenvalue weighted by Crippen LogP contribution is -2.44. The second-order valence-corrected chi connectivity index (χ2v) is 8.56. The van der Waals surface area contributed by atoms with Crippen molar-refractivity contribution in [2.75, 3.05) is 38.1 Å². The summed E-state index contributed by atoms with van der Waals surface area (Å²) in [5.41, 5.74) is 3.29. The molecule has 0 unspecified atom stereocenters. The van der Waals surface area contributed by atoms with E-state index in [-0.39, 0.29) is 11.1 Å². The molecule has 0 bridgehead atoms. The number of carbonyl (C=O) groups is 2. The first kappa shape index (κ1) is 19.7. The largest absolute Gasteiger partial charge is 0.354 e. The van der Waals surface area contributed by atoms with E-state index in [1.165, 1.54) is 0 Å². The molecule has 0 spiro atoms. The zero-order valence-electron chi connectivity index (χ0n) is 16.9. The number of nitrogens with zero attached hydrogens (tertiary/aromatic N) is 5. The van der Waals surface area contributed by atoms with Crippen molar-refractivity contribution in [2.24, 2.45) is 0 Å². The van der Waals surface area contributed by atoms with Gasteiger partial charge in [-0.05, 0) is 54.7 Å². The highest BCUT2D eigenvalue weighted by Gasteiger charge is 2.25. The molecule has 156 valence electrons. The summed E-state index contributed by atoms with van der Waals surface area (Å²) in [5.74, 6) is 0.595. The van der Waals surface area contributed by atoms with Crippen molar-refractivity contribution in [1.82, 2.24) is 25.2 Å². The van der Waals surface area contributed by atoms with Gasteiger partial charge in [-0.3, -0.25) is 14.9 Å². The van der Waals surface area contributed by atoms with E-state index < -0.39 is 0 Å². The number of hydrogen-bond donors (Lipinski definition) is 1. The fourth-order valence-corrected chi connectivity index (χ4v) is 4.40. The van der Waals surface area contributed by atoms with Crippen LogP contribution in [0.3, 0.4) is 0 Å². The van der Waals surface area contributed by atoms with E-state index in [0.717, 1.165) is 71.5 Å². The molecule has 3 aromatic rings. The van der Waals surface area contributed by atoms with Crippen LogP contribution in [-0.4, -0.2) is 64.2 Å². The normalized spacial score (nSPS) is 18.7. The topological polar surface area (TPSA) is 91.3 Å². The van der Waals surface area contributed by atoms with E-state index >= 15 is 0 Å². The van der Waals surface area contributed by atoms with E-state index in [1.54, 1.807) is 12.4 Å². The van der Waals surface area contributed by atoms with Crippen LogP contribution in [0.2, 0.25) is 0 Å². The number of fused-ring (bicyclic) bond motifs is 1. The maximum Gasteiger partial charge on any atom is 0.290 e. The van der Waals surface area contributed by atoms with Crippen LogP contribution in [0.15, 0.2) is 47.8 Å². The van der Waals surface area contributed by atoms with Crippen LogP contribution in [0, 0.1) is 0 Å². The van der Waals surface area contributed by atoms with Crippen LogP contribution in [0.5, 0.6) is 0 Å². The highest BCUT2D eigenvalue weighted by Crippen LogP contribution is 2.30. The quantitative estimate of drug-likeness (QED) is 0.632. The van der Waals surface area contributed by atoms with Gasteiger partial charge in [-0.2, -0.15) is 0 Å². The molecule has 5 rings (SSSR count). The van der Waals surface area contributed by atoms with Gasteiger partial charge >= 0.3 is 0 Å². The highest BCUT2D eigenvalue weighted by molar-refractivity contribution is 8.18. The molecule has 2 aromatic heterocycles. The summed E-state index contributed by atoms with van der Waals surface area (Å²) >= 11 is 0.902. The molecule has 2 amide bonds. The minimum absolute atomic E-state index is 0.354. The van der Waals surface area contributed by atoms with E-state index in [2.05, 4.69) is 37.1 Å².